The number of aromatic nitrogens is 3. The van der Waals surface area contributed by atoms with E-state index in [0.717, 1.165) is 15.9 Å². The van der Waals surface area contributed by atoms with Gasteiger partial charge in [0.15, 0.2) is 5.82 Å². The highest BCUT2D eigenvalue weighted by molar-refractivity contribution is 9.10. The van der Waals surface area contributed by atoms with Crippen LogP contribution in [0.1, 0.15) is 25.5 Å². The average Bonchev–Trinajstić information content (AvgIpc) is 2.30. The third kappa shape index (κ3) is 2.61. The molecule has 2 heterocycles. The molecule has 2 aromatic rings. The molecule has 0 spiro atoms. The summed E-state index contributed by atoms with van der Waals surface area (Å²) in [7, 11) is 0. The van der Waals surface area contributed by atoms with Crippen LogP contribution in [0.25, 0.3) is 11.5 Å². The van der Waals surface area contributed by atoms with Gasteiger partial charge in [0.25, 0.3) is 0 Å². The van der Waals surface area contributed by atoms with E-state index in [2.05, 4.69) is 44.7 Å². The van der Waals surface area contributed by atoms with Crippen LogP contribution in [-0.4, -0.2) is 15.0 Å². The summed E-state index contributed by atoms with van der Waals surface area (Å²) in [6.45, 7) is 4.11. The molecule has 0 radical (unpaired) electrons. The molecule has 0 unspecified atom stereocenters. The summed E-state index contributed by atoms with van der Waals surface area (Å²) >= 11 is 3.34. The van der Waals surface area contributed by atoms with E-state index in [-0.39, 0.29) is 5.92 Å². The van der Waals surface area contributed by atoms with E-state index < -0.39 is 0 Å². The van der Waals surface area contributed by atoms with Gasteiger partial charge in [0.1, 0.15) is 5.69 Å². The van der Waals surface area contributed by atoms with Crippen LogP contribution in [0.2, 0.25) is 0 Å². The number of anilines is 1. The monoisotopic (exact) mass is 292 g/mol. The summed E-state index contributed by atoms with van der Waals surface area (Å²) in [5.74, 6) is 0.877. The number of rotatable bonds is 2. The van der Waals surface area contributed by atoms with Crippen molar-refractivity contribution in [1.29, 1.82) is 0 Å². The average molecular weight is 293 g/mol. The Balaban J connectivity index is 2.46. The molecular weight excluding hydrogens is 280 g/mol. The molecule has 0 aliphatic carbocycles. The van der Waals surface area contributed by atoms with Crippen molar-refractivity contribution >= 4 is 21.6 Å². The molecule has 0 atom stereocenters. The number of nitrogens with zero attached hydrogens (tertiary/aromatic N) is 3. The maximum Gasteiger partial charge on any atom is 0.178 e. The summed E-state index contributed by atoms with van der Waals surface area (Å²) in [6, 6.07) is 3.79. The van der Waals surface area contributed by atoms with Gasteiger partial charge in [0.05, 0.1) is 17.6 Å². The molecule has 5 heteroatoms. The zero-order valence-electron chi connectivity index (χ0n) is 9.68. The molecule has 0 amide bonds. The Hall–Kier alpha value is -1.49. The highest BCUT2D eigenvalue weighted by Gasteiger charge is 2.10. The first-order chi connectivity index (χ1) is 8.08. The smallest absolute Gasteiger partial charge is 0.178 e. The second-order valence-electron chi connectivity index (χ2n) is 4.05. The number of nitrogens with two attached hydrogens (primary N) is 1. The second kappa shape index (κ2) is 4.79. The first-order valence-corrected chi connectivity index (χ1v) is 6.11. The molecule has 0 aliphatic heterocycles. The largest absolute Gasteiger partial charge is 0.396 e. The molecule has 4 nitrogen and oxygen atoms in total. The summed E-state index contributed by atoms with van der Waals surface area (Å²) in [6.07, 6.45) is 3.37. The lowest BCUT2D eigenvalue weighted by molar-refractivity contribution is 0.820. The van der Waals surface area contributed by atoms with Gasteiger partial charge in [-0.05, 0) is 34.0 Å². The molecule has 17 heavy (non-hydrogen) atoms. The van der Waals surface area contributed by atoms with E-state index in [9.17, 15) is 0 Å². The Bertz CT molecular complexity index is 523. The maximum atomic E-state index is 5.84. The van der Waals surface area contributed by atoms with Crippen molar-refractivity contribution in [3.63, 3.8) is 0 Å². The van der Waals surface area contributed by atoms with Crippen LogP contribution in [0.4, 0.5) is 5.69 Å². The molecule has 0 aromatic carbocycles. The van der Waals surface area contributed by atoms with Gasteiger partial charge in [-0.15, -0.1) is 0 Å². The molecule has 0 fully saturated rings. The van der Waals surface area contributed by atoms with Gasteiger partial charge in [-0.3, -0.25) is 4.98 Å². The van der Waals surface area contributed by atoms with Gasteiger partial charge in [-0.1, -0.05) is 13.8 Å². The predicted molar refractivity (Wildman–Crippen MR) is 71.5 cm³/mol. The fourth-order valence-electron chi connectivity index (χ4n) is 1.50. The SMILES string of the molecule is CC(C)c1nc(-c2ccc(Br)cn2)ncc1N. The van der Waals surface area contributed by atoms with Gasteiger partial charge >= 0.3 is 0 Å². The topological polar surface area (TPSA) is 64.7 Å². The van der Waals surface area contributed by atoms with E-state index in [1.807, 2.05) is 12.1 Å². The van der Waals surface area contributed by atoms with E-state index >= 15 is 0 Å². The summed E-state index contributed by atoms with van der Waals surface area (Å²) < 4.78 is 0.931. The van der Waals surface area contributed by atoms with Crippen molar-refractivity contribution < 1.29 is 0 Å². The maximum absolute atomic E-state index is 5.84. The van der Waals surface area contributed by atoms with Crippen LogP contribution in [0, 0.1) is 0 Å². The molecule has 88 valence electrons. The summed E-state index contributed by atoms with van der Waals surface area (Å²) in [5, 5.41) is 0. The zero-order chi connectivity index (χ0) is 12.4. The van der Waals surface area contributed by atoms with Gasteiger partial charge in [0.2, 0.25) is 0 Å². The predicted octanol–water partition coefficient (Wildman–Crippen LogP) is 3.01. The van der Waals surface area contributed by atoms with Crippen molar-refractivity contribution in [1.82, 2.24) is 15.0 Å². The van der Waals surface area contributed by atoms with Crippen LogP contribution in [0.5, 0.6) is 0 Å². The Labute approximate surface area is 108 Å². The quantitative estimate of drug-likeness (QED) is 0.924. The molecular formula is C12H13BrN4. The lowest BCUT2D eigenvalue weighted by Gasteiger charge is -2.09. The fourth-order valence-corrected chi connectivity index (χ4v) is 1.73. The van der Waals surface area contributed by atoms with Crippen molar-refractivity contribution in [2.45, 2.75) is 19.8 Å². The number of pyridine rings is 1. The summed E-state index contributed by atoms with van der Waals surface area (Å²) in [4.78, 5) is 12.9. The van der Waals surface area contributed by atoms with Crippen molar-refractivity contribution in [3.8, 4) is 11.5 Å². The summed E-state index contributed by atoms with van der Waals surface area (Å²) in [5.41, 5.74) is 8.07. The van der Waals surface area contributed by atoms with Gasteiger partial charge < -0.3 is 5.73 Å². The molecule has 0 saturated carbocycles. The molecule has 0 saturated heterocycles. The number of nitrogen functional groups attached to an aromatic ring is 1. The van der Waals surface area contributed by atoms with Crippen LogP contribution >= 0.6 is 15.9 Å². The molecule has 0 aliphatic rings. The highest BCUT2D eigenvalue weighted by Crippen LogP contribution is 2.22. The minimum atomic E-state index is 0.271. The van der Waals surface area contributed by atoms with E-state index in [4.69, 9.17) is 5.73 Å². The first-order valence-electron chi connectivity index (χ1n) is 5.32. The van der Waals surface area contributed by atoms with Gasteiger partial charge in [-0.25, -0.2) is 9.97 Å². The van der Waals surface area contributed by atoms with Crippen LogP contribution in [0.3, 0.4) is 0 Å². The molecule has 2 aromatic heterocycles. The highest BCUT2D eigenvalue weighted by atomic mass is 79.9. The van der Waals surface area contributed by atoms with Crippen LogP contribution in [0.15, 0.2) is 29.0 Å². The van der Waals surface area contributed by atoms with E-state index in [1.165, 1.54) is 0 Å². The normalized spacial score (nSPS) is 10.8. The fraction of sp³-hybridized carbons (Fsp3) is 0.250. The van der Waals surface area contributed by atoms with Crippen LogP contribution < -0.4 is 5.73 Å². The second-order valence-corrected chi connectivity index (χ2v) is 4.97. The molecule has 2 N–H and O–H groups in total. The lowest BCUT2D eigenvalue weighted by atomic mass is 10.1. The van der Waals surface area contributed by atoms with Crippen molar-refractivity contribution in [3.05, 3.63) is 34.7 Å². The van der Waals surface area contributed by atoms with E-state index in [1.54, 1.807) is 12.4 Å². The Morgan fingerprint density at radius 2 is 1.94 bits per heavy atom. The third-order valence-electron chi connectivity index (χ3n) is 2.35. The number of hydrogen-bond acceptors (Lipinski definition) is 4. The van der Waals surface area contributed by atoms with Crippen LogP contribution in [-0.2, 0) is 0 Å². The van der Waals surface area contributed by atoms with Gasteiger partial charge in [-0.2, -0.15) is 0 Å². The minimum Gasteiger partial charge on any atom is -0.396 e. The number of halogens is 1. The standard InChI is InChI=1S/C12H13BrN4/c1-7(2)11-9(14)6-16-12(17-11)10-4-3-8(13)5-15-10/h3-7H,14H2,1-2H3. The van der Waals surface area contributed by atoms with Gasteiger partial charge in [0, 0.05) is 10.7 Å². The molecule has 0 bridgehead atoms. The lowest BCUT2D eigenvalue weighted by Crippen LogP contribution is -2.03. The first kappa shape index (κ1) is 12.0. The Morgan fingerprint density at radius 1 is 1.18 bits per heavy atom. The van der Waals surface area contributed by atoms with Crippen molar-refractivity contribution in [2.24, 2.45) is 0 Å². The third-order valence-corrected chi connectivity index (χ3v) is 2.82. The Kier molecular flexibility index (Phi) is 3.38. The Morgan fingerprint density at radius 3 is 2.53 bits per heavy atom. The van der Waals surface area contributed by atoms with Crippen molar-refractivity contribution in [2.75, 3.05) is 5.73 Å². The molecule has 2 rings (SSSR count). The van der Waals surface area contributed by atoms with E-state index in [0.29, 0.717) is 11.5 Å². The minimum absolute atomic E-state index is 0.271. The number of hydrogen-bond donors (Lipinski definition) is 1. The zero-order valence-corrected chi connectivity index (χ0v) is 11.3.